The van der Waals surface area contributed by atoms with Crippen molar-refractivity contribution < 1.29 is 18.4 Å². The topological polar surface area (TPSA) is 93.1 Å². The monoisotopic (exact) mass is 368 g/mol. The average Bonchev–Trinajstić information content (AvgIpc) is 3.20. The summed E-state index contributed by atoms with van der Waals surface area (Å²) in [4.78, 5) is 15.8. The lowest BCUT2D eigenvalue weighted by molar-refractivity contribution is -0.137. The molecule has 0 atom stereocenters. The number of halogens is 3. The molecule has 8 nitrogen and oxygen atoms in total. The average molecular weight is 368 g/mol. The normalized spacial score (nSPS) is 12.3. The van der Waals surface area contributed by atoms with Crippen LogP contribution in [0.15, 0.2) is 35.6 Å². The van der Waals surface area contributed by atoms with Crippen LogP contribution in [0.4, 0.5) is 13.2 Å². The summed E-state index contributed by atoms with van der Waals surface area (Å²) in [5, 5.41) is 16.1. The standard InChI is InChI=1S/C13H7F3N6O2S/c14-13(15,16)6-3-9-8(4-7(6)20-2-1-17-5-20)21-10(11(23)22(9)24)18-19-12(21)25/h1-5,24H,(H,19,25). The minimum absolute atomic E-state index is 0.00837. The minimum Gasteiger partial charge on any atom is -0.425 e. The largest absolute Gasteiger partial charge is 0.425 e. The highest BCUT2D eigenvalue weighted by atomic mass is 32.1. The molecule has 2 N–H and O–H groups in total. The molecule has 1 aromatic carbocycles. The van der Waals surface area contributed by atoms with E-state index in [0.717, 1.165) is 6.07 Å². The second-order valence-electron chi connectivity index (χ2n) is 5.13. The Morgan fingerprint density at radius 2 is 2.00 bits per heavy atom. The first-order valence-corrected chi connectivity index (χ1v) is 7.14. The molecule has 0 unspecified atom stereocenters. The molecule has 0 aliphatic rings. The van der Waals surface area contributed by atoms with Crippen molar-refractivity contribution in [1.82, 2.24) is 28.9 Å². The zero-order chi connectivity index (χ0) is 17.9. The van der Waals surface area contributed by atoms with Gasteiger partial charge in [0.25, 0.3) is 0 Å². The van der Waals surface area contributed by atoms with Gasteiger partial charge in [0.1, 0.15) is 5.52 Å². The lowest BCUT2D eigenvalue weighted by atomic mass is 10.1. The predicted molar refractivity (Wildman–Crippen MR) is 81.5 cm³/mol. The molecule has 0 bridgehead atoms. The highest BCUT2D eigenvalue weighted by Crippen LogP contribution is 2.36. The van der Waals surface area contributed by atoms with E-state index in [1.54, 1.807) is 0 Å². The van der Waals surface area contributed by atoms with Crippen molar-refractivity contribution in [3.8, 4) is 5.69 Å². The lowest BCUT2D eigenvalue weighted by Gasteiger charge is -2.16. The van der Waals surface area contributed by atoms with E-state index in [1.807, 2.05) is 0 Å². The number of hydrogen-bond donors (Lipinski definition) is 2. The maximum absolute atomic E-state index is 13.5. The fourth-order valence-corrected chi connectivity index (χ4v) is 2.86. The van der Waals surface area contributed by atoms with Gasteiger partial charge in [-0.25, -0.2) is 4.98 Å². The van der Waals surface area contributed by atoms with E-state index in [9.17, 15) is 23.2 Å². The molecule has 0 aliphatic heterocycles. The molecule has 4 aromatic rings. The van der Waals surface area contributed by atoms with Crippen molar-refractivity contribution in [2.24, 2.45) is 0 Å². The SMILES string of the molecule is O=c1c2n[nH]c(=S)n2c2cc(-n3ccnc3)c(C(F)(F)F)cc2n1O. The molecular weight excluding hydrogens is 361 g/mol. The van der Waals surface area contributed by atoms with Crippen LogP contribution in [0.1, 0.15) is 5.56 Å². The Balaban J connectivity index is 2.27. The number of aromatic amines is 1. The highest BCUT2D eigenvalue weighted by molar-refractivity contribution is 7.71. The zero-order valence-corrected chi connectivity index (χ0v) is 12.8. The van der Waals surface area contributed by atoms with E-state index < -0.39 is 17.3 Å². The summed E-state index contributed by atoms with van der Waals surface area (Å²) in [6.45, 7) is 0. The Morgan fingerprint density at radius 3 is 2.64 bits per heavy atom. The van der Waals surface area contributed by atoms with Gasteiger partial charge >= 0.3 is 11.7 Å². The van der Waals surface area contributed by atoms with Crippen molar-refractivity contribution in [2.45, 2.75) is 6.18 Å². The summed E-state index contributed by atoms with van der Waals surface area (Å²) < 4.78 is 42.9. The number of H-pyrrole nitrogens is 1. The number of hydrogen-bond acceptors (Lipinski definition) is 5. The summed E-state index contributed by atoms with van der Waals surface area (Å²) in [6.07, 6.45) is -0.846. The van der Waals surface area contributed by atoms with E-state index in [2.05, 4.69) is 15.2 Å². The number of nitrogens with one attached hydrogen (secondary N) is 1. The van der Waals surface area contributed by atoms with Gasteiger partial charge in [-0.05, 0) is 24.4 Å². The summed E-state index contributed by atoms with van der Waals surface area (Å²) in [5.41, 5.74) is -2.80. The fraction of sp³-hybridized carbons (Fsp3) is 0.0769. The first-order chi connectivity index (χ1) is 11.8. The van der Waals surface area contributed by atoms with Crippen LogP contribution < -0.4 is 5.56 Å². The van der Waals surface area contributed by atoms with Crippen molar-refractivity contribution in [1.29, 1.82) is 0 Å². The first-order valence-electron chi connectivity index (χ1n) is 6.73. The maximum Gasteiger partial charge on any atom is 0.418 e. The Kier molecular flexibility index (Phi) is 3.03. The number of fused-ring (bicyclic) bond motifs is 3. The minimum atomic E-state index is -4.73. The third-order valence-electron chi connectivity index (χ3n) is 3.71. The molecule has 0 saturated carbocycles. The lowest BCUT2D eigenvalue weighted by Crippen LogP contribution is -2.22. The fourth-order valence-electron chi connectivity index (χ4n) is 2.62. The predicted octanol–water partition coefficient (Wildman–Crippen LogP) is 2.15. The Morgan fingerprint density at radius 1 is 1.24 bits per heavy atom. The van der Waals surface area contributed by atoms with Crippen LogP contribution in [-0.4, -0.2) is 34.1 Å². The second kappa shape index (κ2) is 4.92. The van der Waals surface area contributed by atoms with E-state index in [0.29, 0.717) is 6.07 Å². The molecule has 0 radical (unpaired) electrons. The number of rotatable bonds is 1. The molecule has 0 aliphatic carbocycles. The summed E-state index contributed by atoms with van der Waals surface area (Å²) in [5.74, 6) is 0. The van der Waals surface area contributed by atoms with Crippen LogP contribution in [0.25, 0.3) is 22.4 Å². The number of nitrogens with zero attached hydrogens (tertiary/aromatic N) is 5. The van der Waals surface area contributed by atoms with Gasteiger partial charge in [-0.3, -0.25) is 14.3 Å². The molecular formula is C13H7F3N6O2S. The van der Waals surface area contributed by atoms with E-state index in [4.69, 9.17) is 12.2 Å². The Labute approximate surface area is 140 Å². The van der Waals surface area contributed by atoms with Gasteiger partial charge in [0, 0.05) is 12.4 Å². The van der Waals surface area contributed by atoms with Crippen LogP contribution in [0.3, 0.4) is 0 Å². The van der Waals surface area contributed by atoms with E-state index in [-0.39, 0.29) is 31.9 Å². The molecule has 12 heteroatoms. The van der Waals surface area contributed by atoms with Gasteiger partial charge < -0.3 is 9.77 Å². The van der Waals surface area contributed by atoms with Crippen LogP contribution in [0.5, 0.6) is 0 Å². The summed E-state index contributed by atoms with van der Waals surface area (Å²) >= 11 is 5.04. The smallest absolute Gasteiger partial charge is 0.418 e. The molecule has 0 saturated heterocycles. The Hall–Kier alpha value is -3.15. The third-order valence-corrected chi connectivity index (χ3v) is 3.98. The summed E-state index contributed by atoms with van der Waals surface area (Å²) in [6, 6.07) is 1.84. The van der Waals surface area contributed by atoms with Crippen molar-refractivity contribution in [3.05, 3.63) is 51.5 Å². The maximum atomic E-state index is 13.5. The highest BCUT2D eigenvalue weighted by Gasteiger charge is 2.35. The molecule has 3 heterocycles. The molecule has 25 heavy (non-hydrogen) atoms. The number of alkyl halides is 3. The molecule has 4 rings (SSSR count). The van der Waals surface area contributed by atoms with E-state index in [1.165, 1.54) is 27.7 Å². The van der Waals surface area contributed by atoms with Crippen molar-refractivity contribution in [3.63, 3.8) is 0 Å². The van der Waals surface area contributed by atoms with Crippen LogP contribution in [0.2, 0.25) is 0 Å². The third kappa shape index (κ3) is 2.14. The molecule has 3 aromatic heterocycles. The van der Waals surface area contributed by atoms with Crippen molar-refractivity contribution >= 4 is 28.9 Å². The van der Waals surface area contributed by atoms with Gasteiger partial charge in [-0.2, -0.15) is 13.2 Å². The zero-order valence-electron chi connectivity index (χ0n) is 12.0. The van der Waals surface area contributed by atoms with Gasteiger partial charge in [-0.15, -0.1) is 9.83 Å². The molecule has 0 fully saturated rings. The van der Waals surface area contributed by atoms with Crippen LogP contribution >= 0.6 is 12.2 Å². The van der Waals surface area contributed by atoms with Crippen LogP contribution in [-0.2, 0) is 6.18 Å². The number of aromatic nitrogens is 6. The number of imidazole rings is 1. The van der Waals surface area contributed by atoms with E-state index >= 15 is 0 Å². The Bertz CT molecular complexity index is 1240. The van der Waals surface area contributed by atoms with Gasteiger partial charge in [-0.1, -0.05) is 0 Å². The van der Waals surface area contributed by atoms with Gasteiger partial charge in [0.2, 0.25) is 5.65 Å². The number of benzene rings is 1. The molecule has 128 valence electrons. The molecule has 0 amide bonds. The van der Waals surface area contributed by atoms with Gasteiger partial charge in [0.05, 0.1) is 23.1 Å². The molecule has 0 spiro atoms. The quantitative estimate of drug-likeness (QED) is 0.397. The van der Waals surface area contributed by atoms with Gasteiger partial charge in [0.15, 0.2) is 4.77 Å². The summed E-state index contributed by atoms with van der Waals surface area (Å²) in [7, 11) is 0. The first kappa shape index (κ1) is 15.4. The van der Waals surface area contributed by atoms with Crippen LogP contribution in [0, 0.1) is 4.77 Å². The van der Waals surface area contributed by atoms with Crippen molar-refractivity contribution in [2.75, 3.05) is 0 Å². The second-order valence-corrected chi connectivity index (χ2v) is 5.52.